The smallest absolute Gasteiger partial charge is 0.278 e. The maximum atomic E-state index is 13.1. The lowest BCUT2D eigenvalue weighted by atomic mass is 10.1. The van der Waals surface area contributed by atoms with E-state index in [9.17, 15) is 9.90 Å². The van der Waals surface area contributed by atoms with E-state index in [-0.39, 0.29) is 22.9 Å². The SMILES string of the molecule is O=c1c(Cc2ccco2)nc2c(-c3cnnc(Cl)c3)[nH]c(-c3cccc(O)c3)cn1-2. The van der Waals surface area contributed by atoms with Gasteiger partial charge in [0.1, 0.15) is 17.2 Å². The Bertz CT molecular complexity index is 1370. The van der Waals surface area contributed by atoms with Crippen molar-refractivity contribution in [1.29, 1.82) is 0 Å². The van der Waals surface area contributed by atoms with Crippen LogP contribution in [0, 0.1) is 0 Å². The van der Waals surface area contributed by atoms with Gasteiger partial charge in [-0.25, -0.2) is 4.98 Å². The first kappa shape index (κ1) is 18.1. The Hall–Kier alpha value is -3.91. The number of aromatic hydroxyl groups is 1. The van der Waals surface area contributed by atoms with Crippen molar-refractivity contribution >= 4 is 11.6 Å². The summed E-state index contributed by atoms with van der Waals surface area (Å²) >= 11 is 6.03. The second kappa shape index (κ2) is 7.16. The zero-order chi connectivity index (χ0) is 20.7. The summed E-state index contributed by atoms with van der Waals surface area (Å²) in [6, 6.07) is 11.9. The van der Waals surface area contributed by atoms with E-state index >= 15 is 0 Å². The third-order valence-electron chi connectivity index (χ3n) is 4.67. The van der Waals surface area contributed by atoms with Gasteiger partial charge in [0, 0.05) is 17.3 Å². The Balaban J connectivity index is 1.76. The number of nitrogens with one attached hydrogen (secondary N) is 1. The van der Waals surface area contributed by atoms with Gasteiger partial charge in [0.05, 0.1) is 30.3 Å². The molecule has 148 valence electrons. The molecule has 2 aliphatic heterocycles. The molecule has 2 aromatic heterocycles. The van der Waals surface area contributed by atoms with Gasteiger partial charge in [-0.15, -0.1) is 5.10 Å². The van der Waals surface area contributed by atoms with Crippen LogP contribution in [0.2, 0.25) is 5.15 Å². The number of phenols is 1. The first-order chi connectivity index (χ1) is 14.6. The molecule has 0 saturated carbocycles. The van der Waals surface area contributed by atoms with Crippen LogP contribution >= 0.6 is 11.6 Å². The molecule has 0 bridgehead atoms. The molecule has 5 rings (SSSR count). The summed E-state index contributed by atoms with van der Waals surface area (Å²) < 4.78 is 6.84. The van der Waals surface area contributed by atoms with Crippen LogP contribution < -0.4 is 5.56 Å². The number of aromatic nitrogens is 5. The number of rotatable bonds is 4. The molecule has 0 radical (unpaired) electrons. The monoisotopic (exact) mass is 419 g/mol. The van der Waals surface area contributed by atoms with Gasteiger partial charge in [0.15, 0.2) is 11.0 Å². The molecule has 0 amide bonds. The molecule has 0 unspecified atom stereocenters. The number of H-pyrrole nitrogens is 1. The van der Waals surface area contributed by atoms with Crippen molar-refractivity contribution in [3.63, 3.8) is 0 Å². The highest BCUT2D eigenvalue weighted by Gasteiger charge is 2.22. The topological polar surface area (TPSA) is 110 Å². The Morgan fingerprint density at radius 1 is 1.17 bits per heavy atom. The van der Waals surface area contributed by atoms with Crippen LogP contribution in [0.25, 0.3) is 28.3 Å². The fraction of sp³-hybridized carbons (Fsp3) is 0.0476. The number of hydrogen-bond donors (Lipinski definition) is 2. The van der Waals surface area contributed by atoms with Crippen LogP contribution in [-0.2, 0) is 6.42 Å². The molecule has 2 aliphatic rings. The number of aromatic amines is 1. The second-order valence-electron chi connectivity index (χ2n) is 6.67. The molecule has 3 aromatic rings. The largest absolute Gasteiger partial charge is 0.508 e. The summed E-state index contributed by atoms with van der Waals surface area (Å²) in [6.45, 7) is 0. The molecule has 9 heteroatoms. The fourth-order valence-corrected chi connectivity index (χ4v) is 3.47. The number of phenolic OH excluding ortho intramolecular Hbond substituents is 1. The summed E-state index contributed by atoms with van der Waals surface area (Å²) in [5, 5.41) is 17.8. The second-order valence-corrected chi connectivity index (χ2v) is 7.06. The fourth-order valence-electron chi connectivity index (χ4n) is 3.30. The lowest BCUT2D eigenvalue weighted by molar-refractivity contribution is 0.475. The minimum atomic E-state index is -0.258. The van der Waals surface area contributed by atoms with E-state index in [1.165, 1.54) is 10.8 Å². The molecule has 0 fully saturated rings. The number of hydrogen-bond acceptors (Lipinski definition) is 6. The summed E-state index contributed by atoms with van der Waals surface area (Å²) in [6.07, 6.45) is 5.02. The number of nitrogens with zero attached hydrogens (tertiary/aromatic N) is 4. The summed E-state index contributed by atoms with van der Waals surface area (Å²) in [5.74, 6) is 1.18. The lowest BCUT2D eigenvalue weighted by Crippen LogP contribution is -2.16. The van der Waals surface area contributed by atoms with Gasteiger partial charge in [0.2, 0.25) is 0 Å². The third kappa shape index (κ3) is 3.23. The molecule has 30 heavy (non-hydrogen) atoms. The zero-order valence-electron chi connectivity index (χ0n) is 15.4. The molecular weight excluding hydrogens is 406 g/mol. The van der Waals surface area contributed by atoms with Crippen LogP contribution in [0.3, 0.4) is 0 Å². The molecule has 4 heterocycles. The molecule has 2 N–H and O–H groups in total. The van der Waals surface area contributed by atoms with Gasteiger partial charge < -0.3 is 14.5 Å². The predicted molar refractivity (Wildman–Crippen MR) is 110 cm³/mol. The maximum Gasteiger partial charge on any atom is 0.278 e. The Kier molecular flexibility index (Phi) is 4.33. The summed E-state index contributed by atoms with van der Waals surface area (Å²) in [7, 11) is 0. The van der Waals surface area contributed by atoms with Gasteiger partial charge in [-0.2, -0.15) is 5.10 Å². The van der Waals surface area contributed by atoms with Crippen molar-refractivity contribution in [3.8, 4) is 34.1 Å². The highest BCUT2D eigenvalue weighted by atomic mass is 35.5. The molecule has 8 nitrogen and oxygen atoms in total. The van der Waals surface area contributed by atoms with Gasteiger partial charge in [0.25, 0.3) is 5.56 Å². The van der Waals surface area contributed by atoms with Crippen LogP contribution in [-0.4, -0.2) is 29.8 Å². The van der Waals surface area contributed by atoms with E-state index < -0.39 is 0 Å². The average Bonchev–Trinajstić information content (AvgIpc) is 3.36. The number of furan rings is 1. The van der Waals surface area contributed by atoms with Crippen LogP contribution in [0.1, 0.15) is 11.5 Å². The molecule has 1 aromatic carbocycles. The Morgan fingerprint density at radius 2 is 2.07 bits per heavy atom. The predicted octanol–water partition coefficient (Wildman–Crippen LogP) is 3.67. The van der Waals surface area contributed by atoms with Crippen LogP contribution in [0.5, 0.6) is 5.75 Å². The lowest BCUT2D eigenvalue weighted by Gasteiger charge is -2.13. The highest BCUT2D eigenvalue weighted by Crippen LogP contribution is 2.30. The summed E-state index contributed by atoms with van der Waals surface area (Å²) in [5.41, 5.74) is 2.58. The van der Waals surface area contributed by atoms with Gasteiger partial charge >= 0.3 is 0 Å². The van der Waals surface area contributed by atoms with E-state index in [0.29, 0.717) is 39.8 Å². The average molecular weight is 420 g/mol. The molecular formula is C21H14ClN5O3. The van der Waals surface area contributed by atoms with Crippen molar-refractivity contribution < 1.29 is 9.52 Å². The Morgan fingerprint density at radius 3 is 2.83 bits per heavy atom. The number of imidazole rings is 1. The minimum Gasteiger partial charge on any atom is -0.508 e. The van der Waals surface area contributed by atoms with E-state index in [1.54, 1.807) is 48.9 Å². The van der Waals surface area contributed by atoms with Gasteiger partial charge in [-0.3, -0.25) is 9.36 Å². The normalized spacial score (nSPS) is 11.2. The van der Waals surface area contributed by atoms with Crippen molar-refractivity contribution in [2.45, 2.75) is 6.42 Å². The zero-order valence-corrected chi connectivity index (χ0v) is 16.2. The first-order valence-electron chi connectivity index (χ1n) is 9.03. The van der Waals surface area contributed by atoms with Crippen LogP contribution in [0.15, 0.2) is 70.3 Å². The molecule has 0 aliphatic carbocycles. The Labute approximate surface area is 174 Å². The maximum absolute atomic E-state index is 13.1. The van der Waals surface area contributed by atoms with Gasteiger partial charge in [-0.1, -0.05) is 23.7 Å². The number of benzene rings is 1. The minimum absolute atomic E-state index is 0.114. The van der Waals surface area contributed by atoms with Crippen molar-refractivity contribution in [2.24, 2.45) is 0 Å². The first-order valence-corrected chi connectivity index (χ1v) is 9.41. The van der Waals surface area contributed by atoms with E-state index in [4.69, 9.17) is 16.0 Å². The third-order valence-corrected chi connectivity index (χ3v) is 4.85. The van der Waals surface area contributed by atoms with Crippen molar-refractivity contribution in [3.05, 3.63) is 88.1 Å². The highest BCUT2D eigenvalue weighted by molar-refractivity contribution is 6.29. The van der Waals surface area contributed by atoms with Crippen molar-refractivity contribution in [1.82, 2.24) is 24.7 Å². The standard InChI is InChI=1S/C21H14ClN5O3/c22-18-8-13(10-23-26-18)19-20-25-16(9-15-5-2-6-30-15)21(29)27(20)11-17(24-19)12-3-1-4-14(28)7-12/h1-8,10-11,24,28H,9H2. The molecule has 0 spiro atoms. The molecule has 0 saturated heterocycles. The van der Waals surface area contributed by atoms with Crippen LogP contribution in [0.4, 0.5) is 0 Å². The van der Waals surface area contributed by atoms with Gasteiger partial charge in [-0.05, 0) is 30.3 Å². The van der Waals surface area contributed by atoms with E-state index in [2.05, 4.69) is 20.2 Å². The van der Waals surface area contributed by atoms with Crippen molar-refractivity contribution in [2.75, 3.05) is 0 Å². The number of fused-ring (bicyclic) bond motifs is 1. The summed E-state index contributed by atoms with van der Waals surface area (Å²) in [4.78, 5) is 21.0. The number of halogens is 1. The quantitative estimate of drug-likeness (QED) is 0.460. The van der Waals surface area contributed by atoms with E-state index in [1.807, 2.05) is 6.07 Å². The van der Waals surface area contributed by atoms with E-state index in [0.717, 1.165) is 0 Å². The molecule has 0 atom stereocenters.